The van der Waals surface area contributed by atoms with Gasteiger partial charge in [0.1, 0.15) is 0 Å². The number of benzene rings is 1. The summed E-state index contributed by atoms with van der Waals surface area (Å²) in [5.74, 6) is 0. The van der Waals surface area contributed by atoms with Gasteiger partial charge in [0.2, 0.25) is 0 Å². The number of aromatic nitrogens is 2. The number of nitrogens with one attached hydrogen (secondary N) is 1. The minimum Gasteiger partial charge on any atom is -0.384 e. The first-order valence-corrected chi connectivity index (χ1v) is 7.37. The summed E-state index contributed by atoms with van der Waals surface area (Å²) in [6.07, 6.45) is 11.6. The number of hydrogen-bond donors (Lipinski definition) is 1. The number of allylic oxidation sites excluding steroid dienone is 2. The van der Waals surface area contributed by atoms with Gasteiger partial charge in [-0.25, -0.2) is 4.98 Å². The van der Waals surface area contributed by atoms with Crippen molar-refractivity contribution in [2.24, 2.45) is 0 Å². The van der Waals surface area contributed by atoms with Crippen LogP contribution in [0.4, 0.5) is 5.69 Å². The molecule has 3 heteroatoms. The van der Waals surface area contributed by atoms with E-state index in [2.05, 4.69) is 52.1 Å². The second kappa shape index (κ2) is 5.95. The van der Waals surface area contributed by atoms with E-state index in [0.717, 1.165) is 19.5 Å². The van der Waals surface area contributed by atoms with Gasteiger partial charge in [0, 0.05) is 24.3 Å². The third-order valence-corrected chi connectivity index (χ3v) is 3.84. The lowest BCUT2D eigenvalue weighted by atomic mass is 9.98. The second-order valence-corrected chi connectivity index (χ2v) is 5.20. The van der Waals surface area contributed by atoms with Crippen molar-refractivity contribution < 1.29 is 0 Å². The molecule has 0 unspecified atom stereocenters. The quantitative estimate of drug-likeness (QED) is 0.852. The summed E-state index contributed by atoms with van der Waals surface area (Å²) in [5, 5.41) is 3.56. The maximum Gasteiger partial charge on any atom is 0.0951 e. The molecule has 0 bridgehead atoms. The van der Waals surface area contributed by atoms with Gasteiger partial charge in [0.05, 0.1) is 18.2 Å². The van der Waals surface area contributed by atoms with Gasteiger partial charge in [-0.05, 0) is 31.7 Å². The highest BCUT2D eigenvalue weighted by molar-refractivity contribution is 5.78. The van der Waals surface area contributed by atoms with E-state index >= 15 is 0 Å². The molecule has 0 amide bonds. The Labute approximate surface area is 120 Å². The average molecular weight is 267 g/mol. The molecule has 104 valence electrons. The van der Waals surface area contributed by atoms with E-state index in [9.17, 15) is 0 Å². The number of fused-ring (bicyclic) bond motifs is 1. The van der Waals surface area contributed by atoms with E-state index in [0.29, 0.717) is 0 Å². The van der Waals surface area contributed by atoms with Crippen molar-refractivity contribution in [3.63, 3.8) is 0 Å². The van der Waals surface area contributed by atoms with E-state index in [-0.39, 0.29) is 0 Å². The van der Waals surface area contributed by atoms with Crippen molar-refractivity contribution in [1.82, 2.24) is 9.55 Å². The highest BCUT2D eigenvalue weighted by Gasteiger charge is 2.15. The smallest absolute Gasteiger partial charge is 0.0951 e. The van der Waals surface area contributed by atoms with E-state index < -0.39 is 0 Å². The molecule has 3 nitrogen and oxygen atoms in total. The number of para-hydroxylation sites is 1. The zero-order chi connectivity index (χ0) is 13.8. The molecule has 0 aliphatic carbocycles. The Hall–Kier alpha value is -2.03. The Bertz CT molecular complexity index is 610. The Morgan fingerprint density at radius 1 is 1.40 bits per heavy atom. The Morgan fingerprint density at radius 2 is 2.35 bits per heavy atom. The number of anilines is 1. The Kier molecular flexibility index (Phi) is 3.86. The van der Waals surface area contributed by atoms with Gasteiger partial charge in [0.25, 0.3) is 0 Å². The summed E-state index contributed by atoms with van der Waals surface area (Å²) < 4.78 is 2.24. The average Bonchev–Trinajstić information content (AvgIpc) is 2.95. The van der Waals surface area contributed by atoms with Gasteiger partial charge in [-0.15, -0.1) is 0 Å². The van der Waals surface area contributed by atoms with Gasteiger partial charge < -0.3 is 9.88 Å². The predicted molar refractivity (Wildman–Crippen MR) is 83.9 cm³/mol. The van der Waals surface area contributed by atoms with Crippen LogP contribution in [-0.4, -0.2) is 16.1 Å². The highest BCUT2D eigenvalue weighted by atomic mass is 15.0. The first-order chi connectivity index (χ1) is 9.90. The van der Waals surface area contributed by atoms with Crippen molar-refractivity contribution >= 4 is 5.69 Å². The standard InChI is InChI=1S/C17H21N3/c1-2-3-4-11-20-13-18-12-16(20)15-9-5-7-14-8-6-10-19-17(14)15/h2-3,5,7,9,12-13,19H,4,6,8,10-11H2,1H3/b3-2+. The lowest BCUT2D eigenvalue weighted by Crippen LogP contribution is -2.13. The molecule has 1 aromatic carbocycles. The molecular formula is C17H21N3. The fourth-order valence-electron chi connectivity index (χ4n) is 2.83. The van der Waals surface area contributed by atoms with Crippen LogP contribution in [0.5, 0.6) is 0 Å². The molecule has 20 heavy (non-hydrogen) atoms. The number of hydrogen-bond acceptors (Lipinski definition) is 2. The molecule has 1 N–H and O–H groups in total. The summed E-state index contributed by atoms with van der Waals surface area (Å²) in [6, 6.07) is 6.58. The van der Waals surface area contributed by atoms with E-state index in [1.807, 2.05) is 12.5 Å². The minimum atomic E-state index is 0.976. The number of aryl methyl sites for hydroxylation is 2. The molecule has 1 aromatic heterocycles. The number of imidazole rings is 1. The Balaban J connectivity index is 1.95. The molecule has 0 saturated carbocycles. The lowest BCUT2D eigenvalue weighted by molar-refractivity contribution is 0.714. The normalized spacial score (nSPS) is 14.2. The summed E-state index contributed by atoms with van der Waals surface area (Å²) in [6.45, 7) is 4.10. The van der Waals surface area contributed by atoms with Gasteiger partial charge in [-0.2, -0.15) is 0 Å². The molecule has 0 fully saturated rings. The van der Waals surface area contributed by atoms with Crippen LogP contribution >= 0.6 is 0 Å². The predicted octanol–water partition coefficient (Wildman–Crippen LogP) is 3.87. The van der Waals surface area contributed by atoms with Crippen LogP contribution in [0.3, 0.4) is 0 Å². The molecule has 2 heterocycles. The van der Waals surface area contributed by atoms with Crippen LogP contribution in [-0.2, 0) is 13.0 Å². The van der Waals surface area contributed by atoms with E-state index in [1.165, 1.54) is 35.3 Å². The molecule has 1 aliphatic rings. The largest absolute Gasteiger partial charge is 0.384 e. The SMILES string of the molecule is C/C=C/CCn1cncc1-c1cccc2c1NCCC2. The third kappa shape index (κ3) is 2.48. The first-order valence-electron chi connectivity index (χ1n) is 7.37. The van der Waals surface area contributed by atoms with Gasteiger partial charge >= 0.3 is 0 Å². The molecular weight excluding hydrogens is 246 g/mol. The van der Waals surface area contributed by atoms with Gasteiger partial charge in [-0.3, -0.25) is 0 Å². The minimum absolute atomic E-state index is 0.976. The van der Waals surface area contributed by atoms with Crippen molar-refractivity contribution in [2.45, 2.75) is 32.7 Å². The van der Waals surface area contributed by atoms with Gasteiger partial charge in [-0.1, -0.05) is 30.4 Å². The summed E-state index contributed by atoms with van der Waals surface area (Å²) in [5.41, 5.74) is 5.21. The second-order valence-electron chi connectivity index (χ2n) is 5.20. The summed E-state index contributed by atoms with van der Waals surface area (Å²) in [4.78, 5) is 4.34. The number of nitrogens with zero attached hydrogens (tertiary/aromatic N) is 2. The van der Waals surface area contributed by atoms with Gasteiger partial charge in [0.15, 0.2) is 0 Å². The van der Waals surface area contributed by atoms with Crippen molar-refractivity contribution in [1.29, 1.82) is 0 Å². The highest BCUT2D eigenvalue weighted by Crippen LogP contribution is 2.33. The Morgan fingerprint density at radius 3 is 3.25 bits per heavy atom. The van der Waals surface area contributed by atoms with E-state index in [1.54, 1.807) is 0 Å². The fourth-order valence-corrected chi connectivity index (χ4v) is 2.83. The maximum atomic E-state index is 4.34. The fraction of sp³-hybridized carbons (Fsp3) is 0.353. The zero-order valence-corrected chi connectivity index (χ0v) is 12.0. The molecule has 0 atom stereocenters. The molecule has 0 spiro atoms. The molecule has 3 rings (SSSR count). The molecule has 0 radical (unpaired) electrons. The molecule has 0 saturated heterocycles. The van der Waals surface area contributed by atoms with Crippen LogP contribution in [0, 0.1) is 0 Å². The van der Waals surface area contributed by atoms with Crippen LogP contribution in [0.1, 0.15) is 25.3 Å². The van der Waals surface area contributed by atoms with Crippen molar-refractivity contribution in [3.8, 4) is 11.3 Å². The van der Waals surface area contributed by atoms with Crippen molar-refractivity contribution in [3.05, 3.63) is 48.4 Å². The first kappa shape index (κ1) is 13.0. The summed E-state index contributed by atoms with van der Waals surface area (Å²) in [7, 11) is 0. The van der Waals surface area contributed by atoms with Crippen LogP contribution < -0.4 is 5.32 Å². The third-order valence-electron chi connectivity index (χ3n) is 3.84. The van der Waals surface area contributed by atoms with E-state index in [4.69, 9.17) is 0 Å². The number of rotatable bonds is 4. The van der Waals surface area contributed by atoms with Crippen LogP contribution in [0.2, 0.25) is 0 Å². The summed E-state index contributed by atoms with van der Waals surface area (Å²) >= 11 is 0. The monoisotopic (exact) mass is 267 g/mol. The maximum absolute atomic E-state index is 4.34. The lowest BCUT2D eigenvalue weighted by Gasteiger charge is -2.21. The van der Waals surface area contributed by atoms with Crippen LogP contribution in [0.25, 0.3) is 11.3 Å². The topological polar surface area (TPSA) is 29.9 Å². The van der Waals surface area contributed by atoms with Crippen molar-refractivity contribution in [2.75, 3.05) is 11.9 Å². The molecule has 1 aliphatic heterocycles. The molecule has 2 aromatic rings. The zero-order valence-electron chi connectivity index (χ0n) is 12.0. The van der Waals surface area contributed by atoms with Crippen LogP contribution in [0.15, 0.2) is 42.9 Å².